The molecule has 1 amide bonds. The van der Waals surface area contributed by atoms with Crippen molar-refractivity contribution in [1.82, 2.24) is 15.0 Å². The van der Waals surface area contributed by atoms with Gasteiger partial charge < -0.3 is 16.0 Å². The fourth-order valence-electron chi connectivity index (χ4n) is 3.32. The topological polar surface area (TPSA) is 96.7 Å². The lowest BCUT2D eigenvalue weighted by Gasteiger charge is -2.20. The summed E-state index contributed by atoms with van der Waals surface area (Å²) in [6.07, 6.45) is 0. The Morgan fingerprint density at radius 2 is 1.59 bits per heavy atom. The third-order valence-corrected chi connectivity index (χ3v) is 4.87. The SMILES string of the molecule is CC(C)C(Nc1nc(-c2ccccc2)nc2[nH]c(-c3ccccc3)cc12)C(N)=O. The highest BCUT2D eigenvalue weighted by Crippen LogP contribution is 2.30. The molecule has 6 heteroatoms. The maximum atomic E-state index is 12.0. The fourth-order valence-corrected chi connectivity index (χ4v) is 3.32. The van der Waals surface area contributed by atoms with E-state index in [9.17, 15) is 4.79 Å². The second kappa shape index (κ2) is 7.75. The van der Waals surface area contributed by atoms with Gasteiger partial charge in [0.05, 0.1) is 5.39 Å². The molecular weight excluding hydrogens is 362 g/mol. The van der Waals surface area contributed by atoms with Crippen LogP contribution in [0.5, 0.6) is 0 Å². The molecule has 4 N–H and O–H groups in total. The summed E-state index contributed by atoms with van der Waals surface area (Å²) in [6, 6.07) is 21.2. The van der Waals surface area contributed by atoms with Crippen molar-refractivity contribution >= 4 is 22.8 Å². The van der Waals surface area contributed by atoms with Gasteiger partial charge in [0.1, 0.15) is 17.5 Å². The molecule has 0 radical (unpaired) electrons. The number of nitrogens with two attached hydrogens (primary N) is 1. The maximum absolute atomic E-state index is 12.0. The van der Waals surface area contributed by atoms with Gasteiger partial charge in [0.25, 0.3) is 0 Å². The number of anilines is 1. The molecule has 2 aromatic carbocycles. The molecule has 0 spiro atoms. The molecule has 0 aliphatic carbocycles. The van der Waals surface area contributed by atoms with E-state index in [2.05, 4.69) is 10.3 Å². The molecule has 4 rings (SSSR count). The fraction of sp³-hybridized carbons (Fsp3) is 0.174. The van der Waals surface area contributed by atoms with Crippen LogP contribution in [-0.4, -0.2) is 26.9 Å². The van der Waals surface area contributed by atoms with Crippen LogP contribution in [-0.2, 0) is 4.79 Å². The van der Waals surface area contributed by atoms with Crippen LogP contribution in [0.2, 0.25) is 0 Å². The van der Waals surface area contributed by atoms with Gasteiger partial charge in [-0.05, 0) is 17.5 Å². The quantitative estimate of drug-likeness (QED) is 0.463. The Bertz CT molecular complexity index is 1140. The van der Waals surface area contributed by atoms with Crippen LogP contribution in [0.25, 0.3) is 33.7 Å². The van der Waals surface area contributed by atoms with E-state index in [0.717, 1.165) is 22.2 Å². The van der Waals surface area contributed by atoms with Gasteiger partial charge in [0.2, 0.25) is 5.91 Å². The summed E-state index contributed by atoms with van der Waals surface area (Å²) in [5, 5.41) is 4.07. The van der Waals surface area contributed by atoms with Gasteiger partial charge in [0, 0.05) is 11.3 Å². The van der Waals surface area contributed by atoms with Crippen molar-refractivity contribution in [3.63, 3.8) is 0 Å². The second-order valence-electron chi connectivity index (χ2n) is 7.34. The van der Waals surface area contributed by atoms with Gasteiger partial charge >= 0.3 is 0 Å². The Kier molecular flexibility index (Phi) is 4.99. The van der Waals surface area contributed by atoms with E-state index in [1.165, 1.54) is 0 Å². The molecule has 0 aliphatic heterocycles. The molecule has 0 saturated carbocycles. The first-order valence-corrected chi connectivity index (χ1v) is 9.60. The summed E-state index contributed by atoms with van der Waals surface area (Å²) in [6.45, 7) is 3.90. The van der Waals surface area contributed by atoms with Crippen molar-refractivity contribution in [3.8, 4) is 22.6 Å². The number of rotatable bonds is 6. The van der Waals surface area contributed by atoms with Crippen molar-refractivity contribution < 1.29 is 4.79 Å². The number of fused-ring (bicyclic) bond motifs is 1. The van der Waals surface area contributed by atoms with E-state index in [4.69, 9.17) is 15.7 Å². The van der Waals surface area contributed by atoms with E-state index in [0.29, 0.717) is 17.3 Å². The van der Waals surface area contributed by atoms with E-state index >= 15 is 0 Å². The molecule has 4 aromatic rings. The zero-order valence-electron chi connectivity index (χ0n) is 16.4. The third kappa shape index (κ3) is 3.82. The van der Waals surface area contributed by atoms with Gasteiger partial charge in [-0.3, -0.25) is 4.79 Å². The smallest absolute Gasteiger partial charge is 0.240 e. The Morgan fingerprint density at radius 3 is 2.17 bits per heavy atom. The summed E-state index contributed by atoms with van der Waals surface area (Å²) in [5.41, 5.74) is 9.20. The number of nitrogens with one attached hydrogen (secondary N) is 2. The summed E-state index contributed by atoms with van der Waals surface area (Å²) in [5.74, 6) is 0.774. The van der Waals surface area contributed by atoms with E-state index in [1.807, 2.05) is 80.6 Å². The lowest BCUT2D eigenvalue weighted by Crippen LogP contribution is -2.39. The first-order chi connectivity index (χ1) is 14.0. The first-order valence-electron chi connectivity index (χ1n) is 9.60. The minimum Gasteiger partial charge on any atom is -0.368 e. The first kappa shape index (κ1) is 18.7. The minimum atomic E-state index is -0.535. The molecule has 0 saturated heterocycles. The normalized spacial score (nSPS) is 12.2. The van der Waals surface area contributed by atoms with E-state index in [1.54, 1.807) is 0 Å². The van der Waals surface area contributed by atoms with Crippen molar-refractivity contribution in [1.29, 1.82) is 0 Å². The number of primary amides is 1. The summed E-state index contributed by atoms with van der Waals surface area (Å²) < 4.78 is 0. The highest BCUT2D eigenvalue weighted by Gasteiger charge is 2.22. The van der Waals surface area contributed by atoms with Gasteiger partial charge in [-0.15, -0.1) is 0 Å². The zero-order valence-corrected chi connectivity index (χ0v) is 16.4. The average Bonchev–Trinajstić information content (AvgIpc) is 3.17. The number of H-pyrrole nitrogens is 1. The molecular formula is C23H23N5O. The molecule has 6 nitrogen and oxygen atoms in total. The standard InChI is InChI=1S/C23H23N5O/c1-14(2)19(20(24)29)26-23-17-13-18(15-9-5-3-6-10-15)25-22(17)27-21(28-23)16-11-7-4-8-12-16/h3-14,19H,1-2H3,(H2,24,29)(H2,25,26,27,28). The largest absolute Gasteiger partial charge is 0.368 e. The number of amides is 1. The van der Waals surface area contributed by atoms with Crippen LogP contribution in [0.1, 0.15) is 13.8 Å². The van der Waals surface area contributed by atoms with Gasteiger partial charge in [-0.1, -0.05) is 74.5 Å². The summed E-state index contributed by atoms with van der Waals surface area (Å²) in [7, 11) is 0. The zero-order chi connectivity index (χ0) is 20.4. The van der Waals surface area contributed by atoms with Crippen LogP contribution in [0.4, 0.5) is 5.82 Å². The molecule has 1 atom stereocenters. The lowest BCUT2D eigenvalue weighted by atomic mass is 10.0. The number of benzene rings is 2. The molecule has 29 heavy (non-hydrogen) atoms. The molecule has 2 heterocycles. The van der Waals surface area contributed by atoms with E-state index < -0.39 is 11.9 Å². The third-order valence-electron chi connectivity index (χ3n) is 4.87. The van der Waals surface area contributed by atoms with Crippen LogP contribution in [0.3, 0.4) is 0 Å². The predicted octanol–water partition coefficient (Wildman–Crippen LogP) is 4.21. The Balaban J connectivity index is 1.88. The van der Waals surface area contributed by atoms with Crippen LogP contribution in [0.15, 0.2) is 66.7 Å². The average molecular weight is 385 g/mol. The number of carbonyl (C=O) groups is 1. The lowest BCUT2D eigenvalue weighted by molar-refractivity contribution is -0.119. The van der Waals surface area contributed by atoms with Crippen LogP contribution in [0, 0.1) is 5.92 Å². The Morgan fingerprint density at radius 1 is 0.966 bits per heavy atom. The molecule has 1 unspecified atom stereocenters. The van der Waals surface area contributed by atoms with Crippen molar-refractivity contribution in [2.75, 3.05) is 5.32 Å². The summed E-state index contributed by atoms with van der Waals surface area (Å²) in [4.78, 5) is 24.8. The molecule has 0 aliphatic rings. The number of aromatic nitrogens is 3. The van der Waals surface area contributed by atoms with Crippen LogP contribution >= 0.6 is 0 Å². The molecule has 0 fully saturated rings. The Labute approximate surface area is 169 Å². The van der Waals surface area contributed by atoms with Crippen LogP contribution < -0.4 is 11.1 Å². The molecule has 0 bridgehead atoms. The number of hydrogen-bond acceptors (Lipinski definition) is 4. The number of carbonyl (C=O) groups excluding carboxylic acids is 1. The molecule has 2 aromatic heterocycles. The molecule has 146 valence electrons. The monoisotopic (exact) mass is 385 g/mol. The Hall–Kier alpha value is -3.67. The summed E-state index contributed by atoms with van der Waals surface area (Å²) >= 11 is 0. The van der Waals surface area contributed by atoms with Gasteiger partial charge in [-0.25, -0.2) is 9.97 Å². The second-order valence-corrected chi connectivity index (χ2v) is 7.34. The van der Waals surface area contributed by atoms with Crippen molar-refractivity contribution in [3.05, 3.63) is 66.7 Å². The minimum absolute atomic E-state index is 0.0187. The highest BCUT2D eigenvalue weighted by molar-refractivity contribution is 5.95. The van der Waals surface area contributed by atoms with E-state index in [-0.39, 0.29) is 5.92 Å². The number of nitrogens with zero attached hydrogens (tertiary/aromatic N) is 2. The van der Waals surface area contributed by atoms with Gasteiger partial charge in [-0.2, -0.15) is 0 Å². The number of aromatic amines is 1. The van der Waals surface area contributed by atoms with Gasteiger partial charge in [0.15, 0.2) is 5.82 Å². The van der Waals surface area contributed by atoms with Crippen molar-refractivity contribution in [2.45, 2.75) is 19.9 Å². The van der Waals surface area contributed by atoms with Crippen molar-refractivity contribution in [2.24, 2.45) is 11.7 Å². The predicted molar refractivity (Wildman–Crippen MR) is 116 cm³/mol. The maximum Gasteiger partial charge on any atom is 0.240 e. The highest BCUT2D eigenvalue weighted by atomic mass is 16.1. The number of hydrogen-bond donors (Lipinski definition) is 3.